The number of aromatic nitrogens is 3. The van der Waals surface area contributed by atoms with Crippen molar-refractivity contribution < 1.29 is 9.53 Å². The molecule has 0 aliphatic rings. The predicted octanol–water partition coefficient (Wildman–Crippen LogP) is 2.75. The second-order valence-electron chi connectivity index (χ2n) is 5.04. The van der Waals surface area contributed by atoms with Crippen LogP contribution in [0.4, 0.5) is 0 Å². The summed E-state index contributed by atoms with van der Waals surface area (Å²) in [6.07, 6.45) is 6.73. The molecule has 0 saturated heterocycles. The van der Waals surface area contributed by atoms with Crippen LogP contribution in [0.2, 0.25) is 0 Å². The predicted molar refractivity (Wildman–Crippen MR) is 90.8 cm³/mol. The number of pyridine rings is 2. The van der Waals surface area contributed by atoms with Gasteiger partial charge in [-0.1, -0.05) is 0 Å². The first-order valence-corrected chi connectivity index (χ1v) is 8.20. The number of ether oxygens (including phenoxy) is 1. The maximum Gasteiger partial charge on any atom is 0.263 e. The molecule has 0 aliphatic carbocycles. The van der Waals surface area contributed by atoms with Gasteiger partial charge in [0.15, 0.2) is 0 Å². The largest absolute Gasteiger partial charge is 0.485 e. The van der Waals surface area contributed by atoms with Crippen LogP contribution in [0.5, 0.6) is 5.75 Å². The summed E-state index contributed by atoms with van der Waals surface area (Å²) < 4.78 is 5.62. The van der Waals surface area contributed by atoms with Gasteiger partial charge in [-0.25, -0.2) is 4.98 Å². The zero-order chi connectivity index (χ0) is 16.8. The Morgan fingerprint density at radius 3 is 2.79 bits per heavy atom. The summed E-state index contributed by atoms with van der Waals surface area (Å²) in [5.74, 6) is 0.545. The van der Waals surface area contributed by atoms with E-state index < -0.39 is 0 Å². The molecule has 3 rings (SSSR count). The molecule has 1 amide bonds. The molecule has 0 saturated carbocycles. The van der Waals surface area contributed by atoms with E-state index in [2.05, 4.69) is 20.3 Å². The van der Waals surface area contributed by atoms with Gasteiger partial charge in [0.2, 0.25) is 0 Å². The molecular weight excluding hydrogens is 324 g/mol. The first kappa shape index (κ1) is 16.1. The molecule has 0 atom stereocenters. The summed E-state index contributed by atoms with van der Waals surface area (Å²) in [5, 5.41) is 3.65. The van der Waals surface area contributed by atoms with Crippen molar-refractivity contribution in [3.05, 3.63) is 70.2 Å². The fourth-order valence-electron chi connectivity index (χ4n) is 2.07. The minimum atomic E-state index is -0.130. The molecule has 1 N–H and O–H groups in total. The van der Waals surface area contributed by atoms with Gasteiger partial charge < -0.3 is 10.1 Å². The van der Waals surface area contributed by atoms with E-state index in [9.17, 15) is 4.79 Å². The summed E-state index contributed by atoms with van der Waals surface area (Å²) >= 11 is 1.34. The number of carbonyl (C=O) groups is 1. The lowest BCUT2D eigenvalue weighted by molar-refractivity contribution is 0.0954. The lowest BCUT2D eigenvalue weighted by atomic mass is 10.2. The monoisotopic (exact) mass is 340 g/mol. The number of hydrogen-bond acceptors (Lipinski definition) is 6. The molecule has 3 heterocycles. The SMILES string of the molecule is Cc1nc(COc2cccnc2)sc1C(=O)NCc1ccncc1. The van der Waals surface area contributed by atoms with Crippen LogP contribution < -0.4 is 10.1 Å². The van der Waals surface area contributed by atoms with E-state index in [4.69, 9.17) is 4.74 Å². The Bertz CT molecular complexity index is 806. The number of aryl methyl sites for hydroxylation is 1. The smallest absolute Gasteiger partial charge is 0.263 e. The lowest BCUT2D eigenvalue weighted by Crippen LogP contribution is -2.22. The van der Waals surface area contributed by atoms with Crippen molar-refractivity contribution in [2.45, 2.75) is 20.1 Å². The van der Waals surface area contributed by atoms with Gasteiger partial charge in [-0.3, -0.25) is 14.8 Å². The van der Waals surface area contributed by atoms with Crippen LogP contribution in [-0.4, -0.2) is 20.9 Å². The van der Waals surface area contributed by atoms with Gasteiger partial charge in [0, 0.05) is 25.1 Å². The maximum absolute atomic E-state index is 12.3. The topological polar surface area (TPSA) is 77.0 Å². The summed E-state index contributed by atoms with van der Waals surface area (Å²) in [6.45, 7) is 2.60. The van der Waals surface area contributed by atoms with Crippen molar-refractivity contribution in [2.24, 2.45) is 0 Å². The highest BCUT2D eigenvalue weighted by atomic mass is 32.1. The minimum Gasteiger partial charge on any atom is -0.485 e. The van der Waals surface area contributed by atoms with Crippen LogP contribution in [0.25, 0.3) is 0 Å². The quantitative estimate of drug-likeness (QED) is 0.746. The Morgan fingerprint density at radius 2 is 2.04 bits per heavy atom. The van der Waals surface area contributed by atoms with Crippen LogP contribution in [0, 0.1) is 6.92 Å². The molecule has 0 aliphatic heterocycles. The Balaban J connectivity index is 1.59. The van der Waals surface area contributed by atoms with Crippen molar-refractivity contribution in [1.82, 2.24) is 20.3 Å². The molecule has 0 aromatic carbocycles. The maximum atomic E-state index is 12.3. The highest BCUT2D eigenvalue weighted by Crippen LogP contribution is 2.20. The highest BCUT2D eigenvalue weighted by Gasteiger charge is 2.15. The fraction of sp³-hybridized carbons (Fsp3) is 0.176. The van der Waals surface area contributed by atoms with Gasteiger partial charge in [-0.2, -0.15) is 0 Å². The van der Waals surface area contributed by atoms with Gasteiger partial charge in [0.1, 0.15) is 22.2 Å². The summed E-state index contributed by atoms with van der Waals surface area (Å²) in [5.41, 5.74) is 1.71. The van der Waals surface area contributed by atoms with Crippen molar-refractivity contribution >= 4 is 17.2 Å². The first-order chi connectivity index (χ1) is 11.7. The van der Waals surface area contributed by atoms with Crippen molar-refractivity contribution in [3.63, 3.8) is 0 Å². The molecule has 0 fully saturated rings. The van der Waals surface area contributed by atoms with Gasteiger partial charge in [0.25, 0.3) is 5.91 Å². The molecule has 24 heavy (non-hydrogen) atoms. The second-order valence-corrected chi connectivity index (χ2v) is 6.12. The van der Waals surface area contributed by atoms with Gasteiger partial charge in [-0.05, 0) is 36.8 Å². The second kappa shape index (κ2) is 7.65. The zero-order valence-corrected chi connectivity index (χ0v) is 13.9. The van der Waals surface area contributed by atoms with Crippen LogP contribution in [0.15, 0.2) is 49.1 Å². The minimum absolute atomic E-state index is 0.130. The number of hydrogen-bond donors (Lipinski definition) is 1. The van der Waals surface area contributed by atoms with Gasteiger partial charge >= 0.3 is 0 Å². The van der Waals surface area contributed by atoms with Gasteiger partial charge in [0.05, 0.1) is 11.9 Å². The molecule has 3 aromatic heterocycles. The van der Waals surface area contributed by atoms with E-state index in [0.717, 1.165) is 10.6 Å². The molecule has 0 bridgehead atoms. The molecule has 3 aromatic rings. The average molecular weight is 340 g/mol. The number of thiazole rings is 1. The summed E-state index contributed by atoms with van der Waals surface area (Å²) in [6, 6.07) is 7.37. The number of rotatable bonds is 6. The average Bonchev–Trinajstić information content (AvgIpc) is 3.00. The Hall–Kier alpha value is -2.80. The number of nitrogens with one attached hydrogen (secondary N) is 1. The van der Waals surface area contributed by atoms with Gasteiger partial charge in [-0.15, -0.1) is 11.3 Å². The molecular formula is C17H16N4O2S. The van der Waals surface area contributed by atoms with Crippen molar-refractivity contribution in [2.75, 3.05) is 0 Å². The van der Waals surface area contributed by atoms with Crippen LogP contribution in [-0.2, 0) is 13.2 Å². The van der Waals surface area contributed by atoms with E-state index in [1.807, 2.05) is 25.1 Å². The molecule has 0 radical (unpaired) electrons. The fourth-order valence-corrected chi connectivity index (χ4v) is 2.96. The third-order valence-electron chi connectivity index (χ3n) is 3.25. The van der Waals surface area contributed by atoms with E-state index >= 15 is 0 Å². The van der Waals surface area contributed by atoms with Crippen LogP contribution >= 0.6 is 11.3 Å². The zero-order valence-electron chi connectivity index (χ0n) is 13.1. The van der Waals surface area contributed by atoms with Crippen LogP contribution in [0.1, 0.15) is 25.9 Å². The third kappa shape index (κ3) is 4.14. The number of amides is 1. The Labute approximate surface area is 143 Å². The molecule has 7 heteroatoms. The van der Waals surface area contributed by atoms with Crippen molar-refractivity contribution in [3.8, 4) is 5.75 Å². The standard InChI is InChI=1S/C17H16N4O2S/c1-12-16(17(22)20-9-13-4-7-18-8-5-13)24-15(21-12)11-23-14-3-2-6-19-10-14/h2-8,10H,9,11H2,1H3,(H,20,22). The van der Waals surface area contributed by atoms with E-state index in [-0.39, 0.29) is 5.91 Å². The Kier molecular flexibility index (Phi) is 5.12. The Morgan fingerprint density at radius 1 is 1.21 bits per heavy atom. The lowest BCUT2D eigenvalue weighted by Gasteiger charge is -2.03. The van der Waals surface area contributed by atoms with Crippen molar-refractivity contribution in [1.29, 1.82) is 0 Å². The molecule has 0 spiro atoms. The number of nitrogens with zero attached hydrogens (tertiary/aromatic N) is 3. The summed E-state index contributed by atoms with van der Waals surface area (Å²) in [4.78, 5) is 25.3. The van der Waals surface area contributed by atoms with Crippen LogP contribution in [0.3, 0.4) is 0 Å². The van der Waals surface area contributed by atoms with E-state index in [1.165, 1.54) is 11.3 Å². The molecule has 122 valence electrons. The van der Waals surface area contributed by atoms with E-state index in [0.29, 0.717) is 29.5 Å². The third-order valence-corrected chi connectivity index (χ3v) is 4.38. The van der Waals surface area contributed by atoms with E-state index in [1.54, 1.807) is 30.9 Å². The molecule has 6 nitrogen and oxygen atoms in total. The summed E-state index contributed by atoms with van der Waals surface area (Å²) in [7, 11) is 0. The first-order valence-electron chi connectivity index (χ1n) is 7.38. The highest BCUT2D eigenvalue weighted by molar-refractivity contribution is 7.13. The number of carbonyl (C=O) groups excluding carboxylic acids is 1. The normalized spacial score (nSPS) is 10.4. The molecule has 0 unspecified atom stereocenters.